The van der Waals surface area contributed by atoms with Gasteiger partial charge in [0.25, 0.3) is 11.1 Å². The van der Waals surface area contributed by atoms with E-state index >= 15 is 0 Å². The summed E-state index contributed by atoms with van der Waals surface area (Å²) in [4.78, 5) is 62.7. The van der Waals surface area contributed by atoms with E-state index < -0.39 is 34.3 Å². The second kappa shape index (κ2) is 17.2. The molecule has 50 heavy (non-hydrogen) atoms. The van der Waals surface area contributed by atoms with E-state index in [-0.39, 0.29) is 37.3 Å². The average Bonchev–Trinajstić information content (AvgIpc) is 3.57. The lowest BCUT2D eigenvalue weighted by atomic mass is 10.1. The zero-order valence-electron chi connectivity index (χ0n) is 29.8. The first-order valence-corrected chi connectivity index (χ1v) is 16.9. The molecule has 0 amide bonds. The van der Waals surface area contributed by atoms with E-state index in [0.717, 1.165) is 31.7 Å². The fraction of sp³-hybridized carbons (Fsp3) is 0.500. The Morgan fingerprint density at radius 3 is 1.26 bits per heavy atom. The molecule has 0 spiro atoms. The number of allylic oxidation sites excluding steroid dienone is 4. The van der Waals surface area contributed by atoms with Crippen LogP contribution in [0.4, 0.5) is 0 Å². The molecule has 2 N–H and O–H groups in total. The van der Waals surface area contributed by atoms with Crippen LogP contribution in [0.3, 0.4) is 0 Å². The maximum Gasteiger partial charge on any atom is 0.333 e. The van der Waals surface area contributed by atoms with Gasteiger partial charge in [0.2, 0.25) is 11.8 Å². The number of aliphatic imine (C=N–C) groups is 2. The minimum Gasteiger partial charge on any atom is -0.494 e. The maximum absolute atomic E-state index is 13.5. The normalized spacial score (nSPS) is 16.0. The largest absolute Gasteiger partial charge is 0.494 e. The molecular weight excluding hydrogens is 644 g/mol. The first-order valence-electron chi connectivity index (χ1n) is 16.9. The number of rotatable bonds is 17. The SMILES string of the molecule is COCCCn1c(O)c(C=C2N=C(C)C=C2C)c(=O)n(CCCCCCn2c(=O)c(C=C3N=C(C)C=C3C)c(O)n(CCCOC)c2=O)c1=O. The van der Waals surface area contributed by atoms with Crippen molar-refractivity contribution in [2.75, 3.05) is 27.4 Å². The van der Waals surface area contributed by atoms with Crippen molar-refractivity contribution in [3.05, 3.63) is 87.5 Å². The molecule has 0 unspecified atom stereocenters. The Labute approximate surface area is 290 Å². The van der Waals surface area contributed by atoms with E-state index in [4.69, 9.17) is 9.47 Å². The molecule has 14 heteroatoms. The van der Waals surface area contributed by atoms with Crippen molar-refractivity contribution in [3.63, 3.8) is 0 Å². The molecule has 2 aliphatic heterocycles. The summed E-state index contributed by atoms with van der Waals surface area (Å²) in [6, 6.07) is 0. The maximum atomic E-state index is 13.5. The average molecular weight is 693 g/mol. The monoisotopic (exact) mass is 692 g/mol. The summed E-state index contributed by atoms with van der Waals surface area (Å²) in [6.45, 7) is 8.71. The molecule has 0 saturated heterocycles. The lowest BCUT2D eigenvalue weighted by Gasteiger charge is -2.15. The highest BCUT2D eigenvalue weighted by Crippen LogP contribution is 2.25. The van der Waals surface area contributed by atoms with Crippen LogP contribution in [0.2, 0.25) is 0 Å². The number of ether oxygens (including phenoxy) is 2. The van der Waals surface area contributed by atoms with E-state index in [0.29, 0.717) is 63.1 Å². The number of unbranched alkanes of at least 4 members (excludes halogenated alkanes) is 3. The van der Waals surface area contributed by atoms with Gasteiger partial charge in [-0.15, -0.1) is 0 Å². The van der Waals surface area contributed by atoms with Crippen LogP contribution >= 0.6 is 0 Å². The first kappa shape index (κ1) is 38.0. The second-order valence-corrected chi connectivity index (χ2v) is 12.6. The highest BCUT2D eigenvalue weighted by molar-refractivity contribution is 5.99. The van der Waals surface area contributed by atoms with Gasteiger partial charge >= 0.3 is 11.4 Å². The second-order valence-electron chi connectivity index (χ2n) is 12.6. The third-order valence-electron chi connectivity index (χ3n) is 8.66. The van der Waals surface area contributed by atoms with Gasteiger partial charge < -0.3 is 19.7 Å². The van der Waals surface area contributed by atoms with Crippen LogP contribution in [0.1, 0.15) is 77.3 Å². The molecule has 4 rings (SSSR count). The van der Waals surface area contributed by atoms with Gasteiger partial charge in [-0.1, -0.05) is 12.8 Å². The molecule has 2 aliphatic rings. The van der Waals surface area contributed by atoms with Gasteiger partial charge in [-0.25, -0.2) is 9.59 Å². The van der Waals surface area contributed by atoms with E-state index in [2.05, 4.69) is 9.98 Å². The van der Waals surface area contributed by atoms with Crippen LogP contribution in [-0.2, 0) is 35.7 Å². The third-order valence-corrected chi connectivity index (χ3v) is 8.66. The van der Waals surface area contributed by atoms with Gasteiger partial charge in [0.1, 0.15) is 11.1 Å². The summed E-state index contributed by atoms with van der Waals surface area (Å²) in [7, 11) is 3.10. The Bertz CT molecular complexity index is 1890. The molecule has 0 atom stereocenters. The van der Waals surface area contributed by atoms with Crippen molar-refractivity contribution in [2.45, 2.75) is 92.4 Å². The van der Waals surface area contributed by atoms with Crippen molar-refractivity contribution < 1.29 is 19.7 Å². The molecule has 4 heterocycles. The van der Waals surface area contributed by atoms with Gasteiger partial charge in [-0.05, 0) is 88.8 Å². The molecule has 2 aromatic rings. The summed E-state index contributed by atoms with van der Waals surface area (Å²) in [5.41, 5.74) is 1.89. The molecule has 0 aromatic carbocycles. The van der Waals surface area contributed by atoms with Crippen LogP contribution in [0.15, 0.2) is 63.9 Å². The van der Waals surface area contributed by atoms with E-state index in [1.54, 1.807) is 14.2 Å². The van der Waals surface area contributed by atoms with Crippen molar-refractivity contribution >= 4 is 23.6 Å². The van der Waals surface area contributed by atoms with Gasteiger partial charge in [0.15, 0.2) is 0 Å². The van der Waals surface area contributed by atoms with Gasteiger partial charge in [-0.2, -0.15) is 0 Å². The number of hydrogen-bond donors (Lipinski definition) is 2. The molecule has 14 nitrogen and oxygen atoms in total. The number of nitrogens with zero attached hydrogens (tertiary/aromatic N) is 6. The Hall–Kier alpha value is -4.82. The van der Waals surface area contributed by atoms with Gasteiger partial charge in [-0.3, -0.25) is 37.8 Å². The van der Waals surface area contributed by atoms with Crippen molar-refractivity contribution in [2.24, 2.45) is 9.98 Å². The molecule has 270 valence electrons. The summed E-state index contributed by atoms with van der Waals surface area (Å²) in [6.07, 6.45) is 9.84. The van der Waals surface area contributed by atoms with E-state index in [1.807, 2.05) is 39.8 Å². The fourth-order valence-electron chi connectivity index (χ4n) is 6.06. The standard InChI is InChI=1S/C36H48N6O8/c1-23-19-25(3)37-29(23)21-27-31(43)39(35(47)41(33(27)45)15-11-17-49-5)13-9-7-8-10-14-40-32(44)28(22-30-24(2)20-26(4)38-30)34(46)42(36(40)48)16-12-18-50-6/h19-22,45-46H,7-18H2,1-6H3. The summed E-state index contributed by atoms with van der Waals surface area (Å²) >= 11 is 0. The molecule has 0 aliphatic carbocycles. The Morgan fingerprint density at radius 1 is 0.580 bits per heavy atom. The van der Waals surface area contributed by atoms with E-state index in [9.17, 15) is 29.4 Å². The van der Waals surface area contributed by atoms with Gasteiger partial charge in [0, 0.05) is 65.0 Å². The van der Waals surface area contributed by atoms with Crippen LogP contribution in [0.25, 0.3) is 12.2 Å². The van der Waals surface area contributed by atoms with E-state index in [1.165, 1.54) is 21.3 Å². The predicted molar refractivity (Wildman–Crippen MR) is 194 cm³/mol. The van der Waals surface area contributed by atoms with Crippen LogP contribution < -0.4 is 22.5 Å². The van der Waals surface area contributed by atoms with Crippen LogP contribution in [0.5, 0.6) is 11.8 Å². The molecule has 0 radical (unpaired) electrons. The Balaban J connectivity index is 1.53. The quantitative estimate of drug-likeness (QED) is 0.237. The minimum atomic E-state index is -0.609. The molecular formula is C36H48N6O8. The van der Waals surface area contributed by atoms with Crippen LogP contribution in [-0.4, -0.2) is 67.3 Å². The summed E-state index contributed by atoms with van der Waals surface area (Å²) in [5.74, 6) is -0.814. The lowest BCUT2D eigenvalue weighted by molar-refractivity contribution is 0.188. The molecule has 0 fully saturated rings. The number of hydrogen-bond acceptors (Lipinski definition) is 10. The van der Waals surface area contributed by atoms with Crippen molar-refractivity contribution in [3.8, 4) is 11.8 Å². The fourth-order valence-corrected chi connectivity index (χ4v) is 6.06. The topological polar surface area (TPSA) is 172 Å². The Morgan fingerprint density at radius 2 is 0.940 bits per heavy atom. The van der Waals surface area contributed by atoms with Crippen molar-refractivity contribution in [1.82, 2.24) is 18.3 Å². The Kier molecular flexibility index (Phi) is 13.1. The lowest BCUT2D eigenvalue weighted by Crippen LogP contribution is -2.41. The first-order chi connectivity index (χ1) is 23.9. The van der Waals surface area contributed by atoms with Crippen LogP contribution in [0, 0.1) is 0 Å². The third kappa shape index (κ3) is 8.66. The molecule has 0 saturated carbocycles. The van der Waals surface area contributed by atoms with Crippen molar-refractivity contribution in [1.29, 1.82) is 0 Å². The number of aromatic hydroxyl groups is 2. The summed E-state index contributed by atoms with van der Waals surface area (Å²) in [5, 5.41) is 22.0. The predicted octanol–water partition coefficient (Wildman–Crippen LogP) is 3.60. The van der Waals surface area contributed by atoms with Gasteiger partial charge in [0.05, 0.1) is 11.4 Å². The smallest absolute Gasteiger partial charge is 0.333 e. The number of methoxy groups -OCH3 is 2. The summed E-state index contributed by atoms with van der Waals surface area (Å²) < 4.78 is 14.9. The minimum absolute atomic E-state index is 0.00777. The zero-order chi connectivity index (χ0) is 36.5. The molecule has 2 aromatic heterocycles. The zero-order valence-corrected chi connectivity index (χ0v) is 29.8. The highest BCUT2D eigenvalue weighted by atomic mass is 16.5. The molecule has 0 bridgehead atoms. The number of aromatic nitrogens is 4. The highest BCUT2D eigenvalue weighted by Gasteiger charge is 2.21.